The van der Waals surface area contributed by atoms with E-state index in [-0.39, 0.29) is 17.2 Å². The van der Waals surface area contributed by atoms with Crippen LogP contribution in [0.3, 0.4) is 0 Å². The summed E-state index contributed by atoms with van der Waals surface area (Å²) in [7, 11) is 0. The number of amides is 2. The first kappa shape index (κ1) is 18.8. The van der Waals surface area contributed by atoms with Gasteiger partial charge in [-0.25, -0.2) is 4.79 Å². The van der Waals surface area contributed by atoms with E-state index in [9.17, 15) is 24.5 Å². The lowest BCUT2D eigenvalue weighted by molar-refractivity contribution is -0.384. The second-order valence-electron chi connectivity index (χ2n) is 6.18. The number of nitro benzene ring substituents is 1. The first-order chi connectivity index (χ1) is 13.0. The highest BCUT2D eigenvalue weighted by atomic mass is 16.6. The van der Waals surface area contributed by atoms with E-state index in [0.29, 0.717) is 51.4 Å². The van der Waals surface area contributed by atoms with Crippen molar-refractivity contribution in [2.45, 2.75) is 12.8 Å². The van der Waals surface area contributed by atoms with Crippen molar-refractivity contribution in [3.63, 3.8) is 0 Å². The van der Waals surface area contributed by atoms with Gasteiger partial charge in [0, 0.05) is 32.1 Å². The molecule has 0 unspecified atom stereocenters. The van der Waals surface area contributed by atoms with Crippen LogP contribution in [0.4, 0.5) is 11.4 Å². The number of carbonyl (C=O) groups is 3. The average Bonchev–Trinajstić information content (AvgIpc) is 3.12. The van der Waals surface area contributed by atoms with Crippen LogP contribution >= 0.6 is 0 Å². The molecule has 0 atom stereocenters. The van der Waals surface area contributed by atoms with Crippen LogP contribution in [-0.4, -0.2) is 67.1 Å². The van der Waals surface area contributed by atoms with Crippen LogP contribution in [0.25, 0.3) is 0 Å². The summed E-state index contributed by atoms with van der Waals surface area (Å²) in [6, 6.07) is 4.05. The Morgan fingerprint density at radius 3 is 2.59 bits per heavy atom. The van der Waals surface area contributed by atoms with Crippen LogP contribution < -0.4 is 4.90 Å². The molecule has 2 amide bonds. The van der Waals surface area contributed by atoms with Crippen molar-refractivity contribution in [1.29, 1.82) is 0 Å². The van der Waals surface area contributed by atoms with Crippen LogP contribution in [-0.2, 0) is 19.1 Å². The molecule has 2 heterocycles. The summed E-state index contributed by atoms with van der Waals surface area (Å²) in [6.45, 7) is 1.71. The van der Waals surface area contributed by atoms with Crippen molar-refractivity contribution in [3.05, 3.63) is 33.9 Å². The topological polar surface area (TPSA) is 119 Å². The third-order valence-electron chi connectivity index (χ3n) is 4.46. The molecule has 2 aliphatic heterocycles. The predicted octanol–water partition coefficient (Wildman–Crippen LogP) is 0.737. The molecule has 2 aliphatic rings. The molecule has 0 saturated carbocycles. The molecular weight excluding hydrogens is 358 g/mol. The smallest absolute Gasteiger partial charge is 0.338 e. The lowest BCUT2D eigenvalue weighted by atomic mass is 10.1. The zero-order valence-corrected chi connectivity index (χ0v) is 14.6. The fraction of sp³-hybridized carbons (Fsp3) is 0.471. The predicted molar refractivity (Wildman–Crippen MR) is 92.4 cm³/mol. The average molecular weight is 377 g/mol. The summed E-state index contributed by atoms with van der Waals surface area (Å²) in [6.07, 6.45) is 0.891. The third kappa shape index (κ3) is 4.22. The summed E-state index contributed by atoms with van der Waals surface area (Å²) in [5, 5.41) is 11.4. The summed E-state index contributed by atoms with van der Waals surface area (Å²) in [5.41, 5.74) is 0.158. The van der Waals surface area contributed by atoms with Crippen molar-refractivity contribution >= 4 is 29.2 Å². The molecule has 3 rings (SSSR count). The normalized spacial score (nSPS) is 17.1. The lowest BCUT2D eigenvalue weighted by Gasteiger charge is -2.28. The van der Waals surface area contributed by atoms with Crippen molar-refractivity contribution in [2.24, 2.45) is 0 Å². The number of benzene rings is 1. The molecule has 144 valence electrons. The molecule has 2 fully saturated rings. The van der Waals surface area contributed by atoms with Crippen molar-refractivity contribution in [3.8, 4) is 0 Å². The number of rotatable bonds is 5. The van der Waals surface area contributed by atoms with E-state index in [1.54, 1.807) is 0 Å². The maximum Gasteiger partial charge on any atom is 0.338 e. The van der Waals surface area contributed by atoms with Crippen molar-refractivity contribution in [1.82, 2.24) is 4.90 Å². The second kappa shape index (κ2) is 8.12. The molecule has 0 spiro atoms. The van der Waals surface area contributed by atoms with Gasteiger partial charge < -0.3 is 14.4 Å². The maximum absolute atomic E-state index is 12.2. The first-order valence-corrected chi connectivity index (χ1v) is 8.59. The van der Waals surface area contributed by atoms with E-state index in [0.717, 1.165) is 11.0 Å². The minimum absolute atomic E-state index is 0.0285. The zero-order valence-electron chi connectivity index (χ0n) is 14.6. The molecule has 2 saturated heterocycles. The Morgan fingerprint density at radius 1 is 1.22 bits per heavy atom. The maximum atomic E-state index is 12.2. The van der Waals surface area contributed by atoms with Gasteiger partial charge in [0.15, 0.2) is 6.61 Å². The second-order valence-corrected chi connectivity index (χ2v) is 6.18. The van der Waals surface area contributed by atoms with Gasteiger partial charge in [0.25, 0.3) is 11.6 Å². The van der Waals surface area contributed by atoms with Gasteiger partial charge in [-0.2, -0.15) is 0 Å². The highest BCUT2D eigenvalue weighted by Gasteiger charge is 2.28. The van der Waals surface area contributed by atoms with Crippen molar-refractivity contribution < 1.29 is 28.8 Å². The Balaban J connectivity index is 1.69. The molecular formula is C17H19N3O7. The molecule has 1 aromatic rings. The fourth-order valence-corrected chi connectivity index (χ4v) is 3.07. The lowest BCUT2D eigenvalue weighted by Crippen LogP contribution is -2.36. The summed E-state index contributed by atoms with van der Waals surface area (Å²) >= 11 is 0. The molecule has 0 bridgehead atoms. The van der Waals surface area contributed by atoms with Gasteiger partial charge in [0.2, 0.25) is 5.91 Å². The number of carbonyl (C=O) groups excluding carboxylic acids is 3. The highest BCUT2D eigenvalue weighted by molar-refractivity contribution is 5.99. The summed E-state index contributed by atoms with van der Waals surface area (Å²) < 4.78 is 10.2. The largest absolute Gasteiger partial charge is 0.452 e. The minimum Gasteiger partial charge on any atom is -0.452 e. The molecule has 1 aromatic carbocycles. The van der Waals surface area contributed by atoms with E-state index in [1.165, 1.54) is 12.1 Å². The Labute approximate surface area is 154 Å². The minimum atomic E-state index is -0.855. The van der Waals surface area contributed by atoms with Gasteiger partial charge in [-0.05, 0) is 18.6 Å². The Bertz CT molecular complexity index is 774. The van der Waals surface area contributed by atoms with Gasteiger partial charge in [-0.1, -0.05) is 0 Å². The van der Waals surface area contributed by atoms with Gasteiger partial charge in [0.1, 0.15) is 5.69 Å². The van der Waals surface area contributed by atoms with Gasteiger partial charge >= 0.3 is 5.97 Å². The number of anilines is 1. The molecule has 0 aromatic heterocycles. The summed E-state index contributed by atoms with van der Waals surface area (Å²) in [5.74, 6) is -1.74. The number of nitro groups is 1. The van der Waals surface area contributed by atoms with Crippen LogP contribution in [0, 0.1) is 10.1 Å². The van der Waals surface area contributed by atoms with Gasteiger partial charge in [0.05, 0.1) is 23.7 Å². The number of morpholine rings is 1. The molecule has 0 aliphatic carbocycles. The van der Waals surface area contributed by atoms with E-state index in [4.69, 9.17) is 9.47 Å². The third-order valence-corrected chi connectivity index (χ3v) is 4.46. The van der Waals surface area contributed by atoms with Crippen LogP contribution in [0.5, 0.6) is 0 Å². The monoisotopic (exact) mass is 377 g/mol. The van der Waals surface area contributed by atoms with Crippen LogP contribution in [0.15, 0.2) is 18.2 Å². The fourth-order valence-electron chi connectivity index (χ4n) is 3.07. The quantitative estimate of drug-likeness (QED) is 0.419. The standard InChI is InChI=1S/C17H19N3O7/c21-15-2-1-5-19(15)16(22)11-27-17(23)12-3-4-13(14(10-12)20(24)25)18-6-8-26-9-7-18/h3-4,10H,1-2,5-9,11H2. The van der Waals surface area contributed by atoms with Crippen molar-refractivity contribution in [2.75, 3.05) is 44.4 Å². The molecule has 0 radical (unpaired) electrons. The van der Waals surface area contributed by atoms with Crippen LogP contribution in [0.2, 0.25) is 0 Å². The highest BCUT2D eigenvalue weighted by Crippen LogP contribution is 2.30. The van der Waals surface area contributed by atoms with Gasteiger partial charge in [-0.15, -0.1) is 0 Å². The molecule has 27 heavy (non-hydrogen) atoms. The number of imide groups is 1. The number of hydrogen-bond acceptors (Lipinski definition) is 8. The number of hydrogen-bond donors (Lipinski definition) is 0. The Hall–Kier alpha value is -3.01. The van der Waals surface area contributed by atoms with Crippen LogP contribution in [0.1, 0.15) is 23.2 Å². The number of ether oxygens (including phenoxy) is 2. The number of nitrogens with zero attached hydrogens (tertiary/aromatic N) is 3. The van der Waals surface area contributed by atoms with E-state index in [2.05, 4.69) is 0 Å². The number of likely N-dealkylation sites (tertiary alicyclic amines) is 1. The Kier molecular flexibility index (Phi) is 5.65. The first-order valence-electron chi connectivity index (χ1n) is 8.59. The Morgan fingerprint density at radius 2 is 1.96 bits per heavy atom. The van der Waals surface area contributed by atoms with Gasteiger partial charge in [-0.3, -0.25) is 24.6 Å². The zero-order chi connectivity index (χ0) is 19.4. The molecule has 10 heteroatoms. The number of esters is 1. The van der Waals surface area contributed by atoms with E-state index < -0.39 is 23.4 Å². The SMILES string of the molecule is O=C(OCC(=O)N1CCCC1=O)c1ccc(N2CCOCC2)c([N+](=O)[O-])c1. The molecule has 10 nitrogen and oxygen atoms in total. The molecule has 0 N–H and O–H groups in total. The van der Waals surface area contributed by atoms with E-state index in [1.807, 2.05) is 4.90 Å². The summed E-state index contributed by atoms with van der Waals surface area (Å²) in [4.78, 5) is 49.3. The van der Waals surface area contributed by atoms with E-state index >= 15 is 0 Å².